The molecule has 172 valence electrons. The average molecular weight is 474 g/mol. The molecule has 1 aromatic carbocycles. The molecule has 0 aliphatic carbocycles. The van der Waals surface area contributed by atoms with Crippen molar-refractivity contribution >= 4 is 33.3 Å². The van der Waals surface area contributed by atoms with E-state index in [2.05, 4.69) is 27.7 Å². The molecular formula is C24H31N3O3S2. The van der Waals surface area contributed by atoms with Crippen LogP contribution in [0.4, 0.5) is 0 Å². The number of carbonyl (C=O) groups excluding carboxylic acids is 1. The van der Waals surface area contributed by atoms with Crippen LogP contribution in [0.25, 0.3) is 6.08 Å². The van der Waals surface area contributed by atoms with Crippen LogP contribution in [0.2, 0.25) is 0 Å². The van der Waals surface area contributed by atoms with Crippen molar-refractivity contribution in [1.82, 2.24) is 14.5 Å². The van der Waals surface area contributed by atoms with Gasteiger partial charge in [-0.2, -0.15) is 4.31 Å². The number of nitrogens with zero attached hydrogens (tertiary/aromatic N) is 2. The summed E-state index contributed by atoms with van der Waals surface area (Å²) in [7, 11) is -3.48. The third-order valence-electron chi connectivity index (χ3n) is 6.34. The summed E-state index contributed by atoms with van der Waals surface area (Å²) in [5.74, 6) is -0.0928. The molecule has 32 heavy (non-hydrogen) atoms. The Labute approximate surface area is 195 Å². The van der Waals surface area contributed by atoms with Crippen molar-refractivity contribution in [2.75, 3.05) is 32.7 Å². The number of carbonyl (C=O) groups is 1. The highest BCUT2D eigenvalue weighted by Gasteiger charge is 2.31. The molecule has 0 saturated carbocycles. The Morgan fingerprint density at radius 1 is 1.06 bits per heavy atom. The highest BCUT2D eigenvalue weighted by atomic mass is 32.2. The van der Waals surface area contributed by atoms with E-state index in [0.717, 1.165) is 18.7 Å². The number of thiophene rings is 1. The van der Waals surface area contributed by atoms with Crippen molar-refractivity contribution in [3.8, 4) is 0 Å². The molecule has 4 rings (SSSR count). The van der Waals surface area contributed by atoms with Crippen LogP contribution in [0, 0.1) is 5.92 Å². The number of hydrogen-bond acceptors (Lipinski definition) is 5. The minimum absolute atomic E-state index is 0.0441. The largest absolute Gasteiger partial charge is 0.354 e. The minimum Gasteiger partial charge on any atom is -0.354 e. The van der Waals surface area contributed by atoms with E-state index in [4.69, 9.17) is 0 Å². The smallest absolute Gasteiger partial charge is 0.236 e. The van der Waals surface area contributed by atoms with Gasteiger partial charge in [-0.25, -0.2) is 8.42 Å². The van der Waals surface area contributed by atoms with Gasteiger partial charge in [-0.1, -0.05) is 36.4 Å². The van der Waals surface area contributed by atoms with Crippen molar-refractivity contribution in [3.63, 3.8) is 0 Å². The lowest BCUT2D eigenvalue weighted by atomic mass is 9.97. The van der Waals surface area contributed by atoms with Crippen LogP contribution in [0.5, 0.6) is 0 Å². The van der Waals surface area contributed by atoms with Crippen molar-refractivity contribution in [2.24, 2.45) is 5.92 Å². The van der Waals surface area contributed by atoms with Crippen LogP contribution in [0.1, 0.15) is 42.2 Å². The van der Waals surface area contributed by atoms with E-state index in [1.54, 1.807) is 17.4 Å². The molecule has 8 heteroatoms. The van der Waals surface area contributed by atoms with Gasteiger partial charge < -0.3 is 5.32 Å². The normalized spacial score (nSPS) is 20.0. The zero-order valence-corrected chi connectivity index (χ0v) is 19.9. The Bertz CT molecular complexity index is 992. The summed E-state index contributed by atoms with van der Waals surface area (Å²) in [6, 6.07) is 13.8. The molecule has 1 unspecified atom stereocenters. The fraction of sp³-hybridized carbons (Fsp3) is 0.458. The number of likely N-dealkylation sites (tertiary alicyclic amines) is 1. The van der Waals surface area contributed by atoms with Crippen molar-refractivity contribution in [2.45, 2.75) is 31.7 Å². The Kier molecular flexibility index (Phi) is 7.78. The number of sulfonamides is 1. The van der Waals surface area contributed by atoms with Crippen LogP contribution >= 0.6 is 11.3 Å². The molecule has 2 aliphatic heterocycles. The van der Waals surface area contributed by atoms with Crippen LogP contribution in [-0.4, -0.2) is 56.3 Å². The topological polar surface area (TPSA) is 69.7 Å². The lowest BCUT2D eigenvalue weighted by Gasteiger charge is -2.31. The Balaban J connectivity index is 1.29. The third-order valence-corrected chi connectivity index (χ3v) is 8.88. The van der Waals surface area contributed by atoms with Gasteiger partial charge in [-0.15, -0.1) is 11.3 Å². The first-order chi connectivity index (χ1) is 15.5. The molecule has 1 aromatic heterocycles. The summed E-state index contributed by atoms with van der Waals surface area (Å²) < 4.78 is 26.8. The maximum absolute atomic E-state index is 12.8. The van der Waals surface area contributed by atoms with Crippen LogP contribution in [0.3, 0.4) is 0 Å². The summed E-state index contributed by atoms with van der Waals surface area (Å²) in [6.45, 7) is 3.51. The van der Waals surface area contributed by atoms with Gasteiger partial charge in [0, 0.05) is 35.8 Å². The molecule has 2 aliphatic rings. The first kappa shape index (κ1) is 23.2. The van der Waals surface area contributed by atoms with Gasteiger partial charge in [0.25, 0.3) is 0 Å². The van der Waals surface area contributed by atoms with Gasteiger partial charge in [0.2, 0.25) is 15.9 Å². The molecule has 3 heterocycles. The third kappa shape index (κ3) is 5.86. The molecule has 0 spiro atoms. The average Bonchev–Trinajstić information content (AvgIpc) is 3.54. The maximum atomic E-state index is 12.8. The predicted octanol–water partition coefficient (Wildman–Crippen LogP) is 3.71. The zero-order chi connectivity index (χ0) is 22.4. The van der Waals surface area contributed by atoms with E-state index >= 15 is 0 Å². The van der Waals surface area contributed by atoms with Gasteiger partial charge in [0.1, 0.15) is 0 Å². The molecular weight excluding hydrogens is 442 g/mol. The molecule has 2 aromatic rings. The minimum atomic E-state index is -3.48. The van der Waals surface area contributed by atoms with Crippen LogP contribution in [-0.2, 0) is 14.8 Å². The van der Waals surface area contributed by atoms with Gasteiger partial charge in [0.15, 0.2) is 0 Å². The van der Waals surface area contributed by atoms with E-state index in [1.807, 2.05) is 30.3 Å². The summed E-state index contributed by atoms with van der Waals surface area (Å²) in [4.78, 5) is 16.6. The maximum Gasteiger partial charge on any atom is 0.236 e. The van der Waals surface area contributed by atoms with Crippen LogP contribution < -0.4 is 5.32 Å². The number of piperidine rings is 1. The standard InChI is InChI=1S/C24H31N3O3S2/c28-24(25-19-22(23-9-6-17-31-23)26-13-4-5-14-26)21-10-15-27(16-11-21)32(29,30)18-12-20-7-2-1-3-8-20/h1-3,6-9,12,17-18,21-22H,4-5,10-11,13-16,19H2,(H,25,28)/b18-12+. The van der Waals surface area contributed by atoms with Crippen molar-refractivity contribution < 1.29 is 13.2 Å². The number of rotatable bonds is 8. The van der Waals surface area contributed by atoms with E-state index in [1.165, 1.54) is 27.4 Å². The van der Waals surface area contributed by atoms with Crippen molar-refractivity contribution in [3.05, 3.63) is 63.7 Å². The molecule has 2 saturated heterocycles. The lowest BCUT2D eigenvalue weighted by Crippen LogP contribution is -2.44. The van der Waals surface area contributed by atoms with Gasteiger partial charge >= 0.3 is 0 Å². The number of nitrogens with one attached hydrogen (secondary N) is 1. The molecule has 6 nitrogen and oxygen atoms in total. The van der Waals surface area contributed by atoms with E-state index in [0.29, 0.717) is 32.5 Å². The van der Waals surface area contributed by atoms with Gasteiger partial charge in [0.05, 0.1) is 6.04 Å². The van der Waals surface area contributed by atoms with Gasteiger partial charge in [-0.3, -0.25) is 9.69 Å². The zero-order valence-electron chi connectivity index (χ0n) is 18.2. The summed E-state index contributed by atoms with van der Waals surface area (Å²) >= 11 is 1.74. The second-order valence-corrected chi connectivity index (χ2v) is 11.2. The molecule has 0 radical (unpaired) electrons. The molecule has 1 N–H and O–H groups in total. The first-order valence-corrected chi connectivity index (χ1v) is 13.7. The molecule has 0 bridgehead atoms. The monoisotopic (exact) mass is 473 g/mol. The first-order valence-electron chi connectivity index (χ1n) is 11.3. The SMILES string of the molecule is O=C(NCC(c1cccs1)N1CCCC1)C1CCN(S(=O)(=O)/C=C/c2ccccc2)CC1. The Morgan fingerprint density at radius 3 is 2.44 bits per heavy atom. The number of benzene rings is 1. The van der Waals surface area contributed by atoms with Gasteiger partial charge in [-0.05, 0) is 61.9 Å². The fourth-order valence-electron chi connectivity index (χ4n) is 4.47. The highest BCUT2D eigenvalue weighted by Crippen LogP contribution is 2.28. The summed E-state index contributed by atoms with van der Waals surface area (Å²) in [6.07, 6.45) is 5.15. The number of amides is 1. The van der Waals surface area contributed by atoms with E-state index in [9.17, 15) is 13.2 Å². The van der Waals surface area contributed by atoms with Crippen LogP contribution in [0.15, 0.2) is 53.3 Å². The molecule has 2 fully saturated rings. The summed E-state index contributed by atoms with van der Waals surface area (Å²) in [5, 5.41) is 6.52. The van der Waals surface area contributed by atoms with Crippen molar-refractivity contribution in [1.29, 1.82) is 0 Å². The predicted molar refractivity (Wildman–Crippen MR) is 130 cm³/mol. The Hall–Kier alpha value is -2.00. The van der Waals surface area contributed by atoms with E-state index < -0.39 is 10.0 Å². The summed E-state index contributed by atoms with van der Waals surface area (Å²) in [5.41, 5.74) is 0.851. The highest BCUT2D eigenvalue weighted by molar-refractivity contribution is 7.92. The quantitative estimate of drug-likeness (QED) is 0.635. The molecule has 1 amide bonds. The second-order valence-electron chi connectivity index (χ2n) is 8.45. The molecule has 1 atom stereocenters. The van der Waals surface area contributed by atoms with E-state index in [-0.39, 0.29) is 17.9 Å². The number of hydrogen-bond donors (Lipinski definition) is 1. The second kappa shape index (κ2) is 10.7. The fourth-order valence-corrected chi connectivity index (χ4v) is 6.55. The lowest BCUT2D eigenvalue weighted by molar-refractivity contribution is -0.126. The Morgan fingerprint density at radius 2 is 1.78 bits per heavy atom.